The maximum absolute atomic E-state index is 12.8. The van der Waals surface area contributed by atoms with Crippen LogP contribution in [0.4, 0.5) is 0 Å². The van der Waals surface area contributed by atoms with Crippen molar-refractivity contribution in [3.8, 4) is 0 Å². The Morgan fingerprint density at radius 3 is 2.96 bits per heavy atom. The average Bonchev–Trinajstić information content (AvgIpc) is 3.33. The Morgan fingerprint density at radius 2 is 2.19 bits per heavy atom. The van der Waals surface area contributed by atoms with Crippen molar-refractivity contribution in [3.05, 3.63) is 53.1 Å². The topological polar surface area (TPSA) is 54.3 Å². The van der Waals surface area contributed by atoms with E-state index in [1.807, 2.05) is 30.3 Å². The van der Waals surface area contributed by atoms with Gasteiger partial charge in [-0.1, -0.05) is 24.3 Å². The molecule has 7 heteroatoms. The lowest BCUT2D eigenvalue weighted by molar-refractivity contribution is 0.0918. The highest BCUT2D eigenvalue weighted by Gasteiger charge is 2.22. The van der Waals surface area contributed by atoms with Crippen molar-refractivity contribution >= 4 is 52.4 Å². The van der Waals surface area contributed by atoms with E-state index < -0.39 is 0 Å². The van der Waals surface area contributed by atoms with E-state index in [1.54, 1.807) is 23.1 Å². The number of hydrogen-bond donors (Lipinski definition) is 2. The molecule has 1 fully saturated rings. The molecule has 0 saturated carbocycles. The van der Waals surface area contributed by atoms with Gasteiger partial charge in [0, 0.05) is 23.2 Å². The highest BCUT2D eigenvalue weighted by atomic mass is 35.5. The van der Waals surface area contributed by atoms with Crippen molar-refractivity contribution < 1.29 is 9.21 Å². The second-order valence-electron chi connectivity index (χ2n) is 6.55. The van der Waals surface area contributed by atoms with Crippen molar-refractivity contribution in [2.24, 2.45) is 5.92 Å². The Labute approximate surface area is 173 Å². The molecule has 1 saturated heterocycles. The summed E-state index contributed by atoms with van der Waals surface area (Å²) < 4.78 is 7.18. The predicted molar refractivity (Wildman–Crippen MR) is 115 cm³/mol. The first-order valence-electron chi connectivity index (χ1n) is 8.97. The normalized spacial score (nSPS) is 16.8. The van der Waals surface area contributed by atoms with Crippen molar-refractivity contribution in [1.29, 1.82) is 0 Å². The molecule has 2 aromatic heterocycles. The van der Waals surface area contributed by atoms with E-state index in [2.05, 4.69) is 22.1 Å². The molecule has 3 aromatic rings. The van der Waals surface area contributed by atoms with E-state index in [0.717, 1.165) is 41.8 Å². The van der Waals surface area contributed by atoms with Gasteiger partial charge in [-0.3, -0.25) is 4.79 Å². The predicted octanol–water partition coefficient (Wildman–Crippen LogP) is 4.94. The van der Waals surface area contributed by atoms with Crippen LogP contribution in [0.1, 0.15) is 29.0 Å². The van der Waals surface area contributed by atoms with Crippen LogP contribution in [0.5, 0.6) is 0 Å². The summed E-state index contributed by atoms with van der Waals surface area (Å²) >= 11 is 3.46. The summed E-state index contributed by atoms with van der Waals surface area (Å²) in [5.41, 5.74) is 1.76. The number of amides is 1. The van der Waals surface area contributed by atoms with Gasteiger partial charge in [0.2, 0.25) is 0 Å². The number of rotatable bonds is 6. The highest BCUT2D eigenvalue weighted by molar-refractivity contribution is 8.00. The number of benzene rings is 1. The summed E-state index contributed by atoms with van der Waals surface area (Å²) in [6, 6.07) is 12.0. The van der Waals surface area contributed by atoms with Crippen molar-refractivity contribution in [3.63, 3.8) is 0 Å². The molecule has 1 amide bonds. The van der Waals surface area contributed by atoms with Crippen LogP contribution in [0.3, 0.4) is 0 Å². The van der Waals surface area contributed by atoms with Gasteiger partial charge in [-0.2, -0.15) is 0 Å². The van der Waals surface area contributed by atoms with Crippen molar-refractivity contribution in [2.75, 3.05) is 19.6 Å². The van der Waals surface area contributed by atoms with Crippen molar-refractivity contribution in [1.82, 2.24) is 10.6 Å². The summed E-state index contributed by atoms with van der Waals surface area (Å²) in [6.07, 6.45) is 2.34. The molecule has 144 valence electrons. The number of carbonyl (C=O) groups is 1. The average molecular weight is 423 g/mol. The fraction of sp³-hybridized carbons (Fsp3) is 0.350. The third-order valence-corrected chi connectivity index (χ3v) is 6.87. The summed E-state index contributed by atoms with van der Waals surface area (Å²) in [6.45, 7) is 2.75. The van der Waals surface area contributed by atoms with E-state index >= 15 is 0 Å². The Balaban J connectivity index is 0.00000210. The van der Waals surface area contributed by atoms with E-state index in [0.29, 0.717) is 18.2 Å². The number of carbonyl (C=O) groups excluding carboxylic acids is 1. The number of nitrogens with one attached hydrogen (secondary N) is 2. The fourth-order valence-corrected chi connectivity index (χ4v) is 5.14. The number of halogens is 1. The largest absolute Gasteiger partial charge is 0.451 e. The first-order chi connectivity index (χ1) is 12.8. The Hall–Kier alpha value is -1.47. The number of piperidine rings is 1. The molecule has 0 radical (unpaired) electrons. The maximum atomic E-state index is 12.8. The molecule has 4 rings (SSSR count). The zero-order valence-electron chi connectivity index (χ0n) is 14.9. The lowest BCUT2D eigenvalue weighted by Crippen LogP contribution is -2.38. The van der Waals surface area contributed by atoms with Gasteiger partial charge < -0.3 is 15.1 Å². The molecule has 1 atom stereocenters. The molecule has 1 unspecified atom stereocenters. The van der Waals surface area contributed by atoms with Gasteiger partial charge in [0.15, 0.2) is 5.76 Å². The van der Waals surface area contributed by atoms with E-state index in [9.17, 15) is 4.79 Å². The quantitative estimate of drug-likeness (QED) is 0.552. The number of fused-ring (bicyclic) bond motifs is 1. The van der Waals surface area contributed by atoms with Gasteiger partial charge >= 0.3 is 0 Å². The lowest BCUT2D eigenvalue weighted by atomic mass is 10.00. The van der Waals surface area contributed by atoms with Crippen LogP contribution in [0.2, 0.25) is 0 Å². The second kappa shape index (κ2) is 9.64. The minimum atomic E-state index is -0.103. The molecule has 27 heavy (non-hydrogen) atoms. The Kier molecular flexibility index (Phi) is 7.24. The molecule has 1 aromatic carbocycles. The first kappa shape index (κ1) is 20.3. The number of thioether (sulfide) groups is 1. The molecule has 1 aliphatic heterocycles. The molecular weight excluding hydrogens is 400 g/mol. The smallest absolute Gasteiger partial charge is 0.287 e. The molecule has 4 nitrogen and oxygen atoms in total. The third-order valence-electron chi connectivity index (χ3n) is 4.71. The van der Waals surface area contributed by atoms with Gasteiger partial charge in [-0.25, -0.2) is 0 Å². The van der Waals surface area contributed by atoms with Gasteiger partial charge in [-0.05, 0) is 49.4 Å². The van der Waals surface area contributed by atoms with E-state index in [1.165, 1.54) is 10.6 Å². The van der Waals surface area contributed by atoms with Crippen LogP contribution in [0, 0.1) is 5.92 Å². The summed E-state index contributed by atoms with van der Waals surface area (Å²) in [5, 5.41) is 9.57. The van der Waals surface area contributed by atoms with Crippen LogP contribution in [-0.2, 0) is 5.75 Å². The Bertz CT molecular complexity index is 873. The monoisotopic (exact) mass is 422 g/mol. The van der Waals surface area contributed by atoms with Crippen LogP contribution >= 0.6 is 35.5 Å². The van der Waals surface area contributed by atoms with Crippen LogP contribution in [0.25, 0.3) is 11.0 Å². The highest BCUT2D eigenvalue weighted by Crippen LogP contribution is 2.33. The number of thiophene rings is 1. The van der Waals surface area contributed by atoms with Crippen LogP contribution < -0.4 is 10.6 Å². The lowest BCUT2D eigenvalue weighted by Gasteiger charge is -2.22. The molecule has 0 spiro atoms. The Morgan fingerprint density at radius 1 is 1.30 bits per heavy atom. The van der Waals surface area contributed by atoms with Gasteiger partial charge in [0.25, 0.3) is 5.91 Å². The number of hydrogen-bond acceptors (Lipinski definition) is 5. The van der Waals surface area contributed by atoms with Gasteiger partial charge in [0.1, 0.15) is 5.58 Å². The number of para-hydroxylation sites is 1. The third kappa shape index (κ3) is 4.88. The van der Waals surface area contributed by atoms with E-state index in [-0.39, 0.29) is 18.3 Å². The molecular formula is C20H23ClN2O2S2. The zero-order valence-corrected chi connectivity index (χ0v) is 17.4. The molecule has 3 heterocycles. The molecule has 0 aliphatic carbocycles. The van der Waals surface area contributed by atoms with Gasteiger partial charge in [-0.15, -0.1) is 35.5 Å². The van der Waals surface area contributed by atoms with Crippen LogP contribution in [0.15, 0.2) is 50.4 Å². The first-order valence-corrected chi connectivity index (χ1v) is 10.8. The standard InChI is InChI=1S/C20H22N2O2S2.ClH/c23-20(22-12-14-5-3-9-21-11-14)19-16(13-26-18-8-4-10-25-18)15-6-1-2-7-17(15)24-19;/h1-2,4,6-8,10,14,21H,3,5,9,11-13H2,(H,22,23);1H. The van der Waals surface area contributed by atoms with Crippen molar-refractivity contribution in [2.45, 2.75) is 22.8 Å². The minimum Gasteiger partial charge on any atom is -0.451 e. The molecule has 1 aliphatic rings. The van der Waals surface area contributed by atoms with Crippen LogP contribution in [-0.4, -0.2) is 25.5 Å². The minimum absolute atomic E-state index is 0. The maximum Gasteiger partial charge on any atom is 0.287 e. The van der Waals surface area contributed by atoms with Gasteiger partial charge in [0.05, 0.1) is 4.21 Å². The molecule has 2 N–H and O–H groups in total. The molecule has 0 bridgehead atoms. The zero-order chi connectivity index (χ0) is 17.8. The summed E-state index contributed by atoms with van der Waals surface area (Å²) in [5.74, 6) is 1.58. The second-order valence-corrected chi connectivity index (χ2v) is 8.77. The van der Waals surface area contributed by atoms with E-state index in [4.69, 9.17) is 4.42 Å². The number of furan rings is 1. The fourth-order valence-electron chi connectivity index (χ4n) is 3.33. The summed E-state index contributed by atoms with van der Waals surface area (Å²) in [4.78, 5) is 12.8. The SMILES string of the molecule is Cl.O=C(NCC1CCCNC1)c1oc2ccccc2c1CSc1cccs1. The summed E-state index contributed by atoms with van der Waals surface area (Å²) in [7, 11) is 0.